The van der Waals surface area contributed by atoms with Gasteiger partial charge in [-0.15, -0.1) is 0 Å². The summed E-state index contributed by atoms with van der Waals surface area (Å²) in [5.41, 5.74) is 0.766. The molecular weight excluding hydrogens is 256 g/mol. The molecule has 0 amide bonds. The van der Waals surface area contributed by atoms with Crippen molar-refractivity contribution in [2.45, 2.75) is 19.1 Å². The van der Waals surface area contributed by atoms with Crippen LogP contribution < -0.4 is 0 Å². The van der Waals surface area contributed by atoms with Crippen LogP contribution >= 0.6 is 0 Å². The standard InChI is InChI=1S/C16H18O4/c1-3-12-14(20-2)10-9-13(16(12,18)19)15(17)11-7-5-4-6-8-11/h4-10,13,18-19H,3H2,1-2H3. The first-order chi connectivity index (χ1) is 9.52. The molecule has 0 aliphatic heterocycles. The Labute approximate surface area is 118 Å². The topological polar surface area (TPSA) is 66.8 Å². The largest absolute Gasteiger partial charge is 0.497 e. The maximum atomic E-state index is 12.4. The SMILES string of the molecule is CCC1=C(OC)C=CC(C(=O)c2ccccc2)C1(O)O. The molecule has 0 fully saturated rings. The molecule has 0 saturated carbocycles. The van der Waals surface area contributed by atoms with E-state index in [0.29, 0.717) is 23.3 Å². The summed E-state index contributed by atoms with van der Waals surface area (Å²) in [5, 5.41) is 20.7. The highest BCUT2D eigenvalue weighted by atomic mass is 16.5. The summed E-state index contributed by atoms with van der Waals surface area (Å²) in [5.74, 6) is -3.18. The Morgan fingerprint density at radius 1 is 1.30 bits per heavy atom. The van der Waals surface area contributed by atoms with E-state index in [0.717, 1.165) is 0 Å². The molecule has 1 unspecified atom stereocenters. The zero-order valence-electron chi connectivity index (χ0n) is 11.5. The van der Waals surface area contributed by atoms with Gasteiger partial charge < -0.3 is 14.9 Å². The minimum absolute atomic E-state index is 0.316. The van der Waals surface area contributed by atoms with Crippen molar-refractivity contribution in [1.29, 1.82) is 0 Å². The molecule has 0 heterocycles. The van der Waals surface area contributed by atoms with E-state index in [1.807, 2.05) is 0 Å². The van der Waals surface area contributed by atoms with Crippen LogP contribution in [-0.2, 0) is 4.74 Å². The number of ketones is 1. The van der Waals surface area contributed by atoms with Crippen LogP contribution in [-0.4, -0.2) is 28.9 Å². The zero-order valence-corrected chi connectivity index (χ0v) is 11.5. The third-order valence-electron chi connectivity index (χ3n) is 3.53. The van der Waals surface area contributed by atoms with Crippen LogP contribution in [0.2, 0.25) is 0 Å². The average molecular weight is 274 g/mol. The number of allylic oxidation sites excluding steroid dienone is 1. The Kier molecular flexibility index (Phi) is 4.06. The third-order valence-corrected chi connectivity index (χ3v) is 3.53. The predicted molar refractivity (Wildman–Crippen MR) is 74.9 cm³/mol. The van der Waals surface area contributed by atoms with Crippen molar-refractivity contribution in [3.63, 3.8) is 0 Å². The smallest absolute Gasteiger partial charge is 0.203 e. The lowest BCUT2D eigenvalue weighted by atomic mass is 9.80. The van der Waals surface area contributed by atoms with E-state index < -0.39 is 11.7 Å². The molecule has 4 nitrogen and oxygen atoms in total. The fraction of sp³-hybridized carbons (Fsp3) is 0.312. The number of hydrogen-bond donors (Lipinski definition) is 2. The normalized spacial score (nSPS) is 20.9. The molecule has 0 bridgehead atoms. The number of aliphatic hydroxyl groups is 2. The minimum Gasteiger partial charge on any atom is -0.497 e. The molecule has 0 spiro atoms. The molecule has 1 atom stereocenters. The Morgan fingerprint density at radius 2 is 1.95 bits per heavy atom. The van der Waals surface area contributed by atoms with Gasteiger partial charge in [0.1, 0.15) is 5.76 Å². The summed E-state index contributed by atoms with van der Waals surface area (Å²) < 4.78 is 5.13. The second-order valence-corrected chi connectivity index (χ2v) is 4.69. The van der Waals surface area contributed by atoms with Crippen LogP contribution in [0.25, 0.3) is 0 Å². The summed E-state index contributed by atoms with van der Waals surface area (Å²) in [7, 11) is 1.46. The Hall–Kier alpha value is -1.91. The summed E-state index contributed by atoms with van der Waals surface area (Å²) in [6.45, 7) is 1.79. The van der Waals surface area contributed by atoms with Crippen LogP contribution in [0.3, 0.4) is 0 Å². The minimum atomic E-state index is -2.22. The Morgan fingerprint density at radius 3 is 2.50 bits per heavy atom. The number of benzene rings is 1. The van der Waals surface area contributed by atoms with Crippen molar-refractivity contribution in [2.24, 2.45) is 5.92 Å². The molecule has 4 heteroatoms. The van der Waals surface area contributed by atoms with Gasteiger partial charge in [0, 0.05) is 11.1 Å². The lowest BCUT2D eigenvalue weighted by Gasteiger charge is -2.34. The molecule has 1 aliphatic carbocycles. The highest BCUT2D eigenvalue weighted by Gasteiger charge is 2.44. The van der Waals surface area contributed by atoms with Crippen LogP contribution in [0.5, 0.6) is 0 Å². The molecule has 2 N–H and O–H groups in total. The van der Waals surface area contributed by atoms with Gasteiger partial charge >= 0.3 is 0 Å². The van der Waals surface area contributed by atoms with Gasteiger partial charge in [-0.25, -0.2) is 0 Å². The number of ether oxygens (including phenoxy) is 1. The number of hydrogen-bond acceptors (Lipinski definition) is 4. The van der Waals surface area contributed by atoms with E-state index in [-0.39, 0.29) is 5.78 Å². The van der Waals surface area contributed by atoms with E-state index >= 15 is 0 Å². The van der Waals surface area contributed by atoms with Crippen LogP contribution in [0.4, 0.5) is 0 Å². The van der Waals surface area contributed by atoms with E-state index in [9.17, 15) is 15.0 Å². The van der Waals surface area contributed by atoms with Crippen molar-refractivity contribution < 1.29 is 19.7 Å². The van der Waals surface area contributed by atoms with Gasteiger partial charge in [0.05, 0.1) is 13.0 Å². The fourth-order valence-corrected chi connectivity index (χ4v) is 2.47. The summed E-state index contributed by atoms with van der Waals surface area (Å²) in [6.07, 6.45) is 3.49. The van der Waals surface area contributed by atoms with E-state index in [2.05, 4.69) is 0 Å². The van der Waals surface area contributed by atoms with E-state index in [1.54, 1.807) is 43.3 Å². The quantitative estimate of drug-likeness (QED) is 0.651. The molecule has 20 heavy (non-hydrogen) atoms. The predicted octanol–water partition coefficient (Wildman–Crippen LogP) is 2.05. The summed E-state index contributed by atoms with van der Waals surface area (Å²) in [6, 6.07) is 8.61. The maximum Gasteiger partial charge on any atom is 0.203 e. The molecule has 0 aromatic heterocycles. The molecule has 0 saturated heterocycles. The first-order valence-electron chi connectivity index (χ1n) is 6.52. The average Bonchev–Trinajstić information content (AvgIpc) is 2.46. The lowest BCUT2D eigenvalue weighted by Crippen LogP contribution is -2.45. The first-order valence-corrected chi connectivity index (χ1v) is 6.52. The molecule has 1 aromatic rings. The van der Waals surface area contributed by atoms with Gasteiger partial charge in [-0.05, 0) is 12.5 Å². The van der Waals surface area contributed by atoms with E-state index in [4.69, 9.17) is 4.74 Å². The molecule has 1 aliphatic rings. The highest BCUT2D eigenvalue weighted by Crippen LogP contribution is 2.36. The number of carbonyl (C=O) groups excluding carboxylic acids is 1. The van der Waals surface area contributed by atoms with Crippen molar-refractivity contribution in [2.75, 3.05) is 7.11 Å². The van der Waals surface area contributed by atoms with Crippen LogP contribution in [0.1, 0.15) is 23.7 Å². The van der Waals surface area contributed by atoms with Gasteiger partial charge in [-0.3, -0.25) is 4.79 Å². The maximum absolute atomic E-state index is 12.4. The van der Waals surface area contributed by atoms with Gasteiger partial charge in [0.15, 0.2) is 5.78 Å². The number of Topliss-reactive ketones (excluding diaryl/α,β-unsaturated/α-hetero) is 1. The molecule has 2 rings (SSSR count). The first kappa shape index (κ1) is 14.5. The van der Waals surface area contributed by atoms with Crippen molar-refractivity contribution in [1.82, 2.24) is 0 Å². The highest BCUT2D eigenvalue weighted by molar-refractivity contribution is 6.00. The molecule has 1 aromatic carbocycles. The molecule has 0 radical (unpaired) electrons. The van der Waals surface area contributed by atoms with Gasteiger partial charge in [-0.2, -0.15) is 0 Å². The van der Waals surface area contributed by atoms with Gasteiger partial charge in [0.25, 0.3) is 0 Å². The third kappa shape index (κ3) is 2.40. The van der Waals surface area contributed by atoms with Crippen molar-refractivity contribution >= 4 is 5.78 Å². The zero-order chi connectivity index (χ0) is 14.8. The van der Waals surface area contributed by atoms with Crippen LogP contribution in [0.15, 0.2) is 53.8 Å². The van der Waals surface area contributed by atoms with Crippen molar-refractivity contribution in [3.8, 4) is 0 Å². The van der Waals surface area contributed by atoms with E-state index in [1.165, 1.54) is 13.2 Å². The van der Waals surface area contributed by atoms with Gasteiger partial charge in [0.2, 0.25) is 5.79 Å². The van der Waals surface area contributed by atoms with Crippen LogP contribution in [0, 0.1) is 5.92 Å². The molecule has 106 valence electrons. The fourth-order valence-electron chi connectivity index (χ4n) is 2.47. The molecular formula is C16H18O4. The monoisotopic (exact) mass is 274 g/mol. The summed E-state index contributed by atoms with van der Waals surface area (Å²) >= 11 is 0. The number of methoxy groups -OCH3 is 1. The lowest BCUT2D eigenvalue weighted by molar-refractivity contribution is -0.151. The Balaban J connectivity index is 2.39. The number of carbonyl (C=O) groups is 1. The Bertz CT molecular complexity index is 555. The second kappa shape index (κ2) is 5.61. The second-order valence-electron chi connectivity index (χ2n) is 4.69. The summed E-state index contributed by atoms with van der Waals surface area (Å²) in [4.78, 5) is 12.4. The number of rotatable bonds is 4. The van der Waals surface area contributed by atoms with Gasteiger partial charge in [-0.1, -0.05) is 43.3 Å². The van der Waals surface area contributed by atoms with Crippen molar-refractivity contribution in [3.05, 3.63) is 59.4 Å².